The molecule has 0 aromatic carbocycles. The van der Waals surface area contributed by atoms with Gasteiger partial charge in [0.15, 0.2) is 0 Å². The van der Waals surface area contributed by atoms with E-state index in [2.05, 4.69) is 0 Å². The van der Waals surface area contributed by atoms with Crippen LogP contribution in [-0.2, 0) is 10.0 Å². The van der Waals surface area contributed by atoms with Crippen LogP contribution in [0.25, 0.3) is 0 Å². The van der Waals surface area contributed by atoms with Crippen LogP contribution >= 0.6 is 0 Å². The third-order valence-corrected chi connectivity index (χ3v) is 6.10. The second-order valence-electron chi connectivity index (χ2n) is 5.58. The standard InChI is InChI=1S/C12H24N2O2S/c1-2-3-6-17(15,16)14-8-10-4-5-12(13)7-11(10)9-14/h10-12H,2-9,13H2,1H3/t10-,11+,12?/m0/s1. The zero-order chi connectivity index (χ0) is 12.5. The van der Waals surface area contributed by atoms with E-state index in [1.165, 1.54) is 0 Å². The lowest BCUT2D eigenvalue weighted by molar-refractivity contribution is 0.271. The molecule has 2 fully saturated rings. The van der Waals surface area contributed by atoms with Crippen molar-refractivity contribution < 1.29 is 8.42 Å². The molecule has 4 nitrogen and oxygen atoms in total. The highest BCUT2D eigenvalue weighted by atomic mass is 32.2. The van der Waals surface area contributed by atoms with Gasteiger partial charge in [-0.3, -0.25) is 0 Å². The van der Waals surface area contributed by atoms with Crippen molar-refractivity contribution in [3.63, 3.8) is 0 Å². The van der Waals surface area contributed by atoms with Crippen molar-refractivity contribution in [2.24, 2.45) is 17.6 Å². The molecule has 0 aromatic heterocycles. The van der Waals surface area contributed by atoms with Gasteiger partial charge in [-0.05, 0) is 37.5 Å². The summed E-state index contributed by atoms with van der Waals surface area (Å²) in [5, 5.41) is 0. The van der Waals surface area contributed by atoms with Crippen molar-refractivity contribution >= 4 is 10.0 Å². The van der Waals surface area contributed by atoms with Crippen LogP contribution in [0, 0.1) is 11.8 Å². The molecule has 2 aliphatic rings. The Morgan fingerprint density at radius 2 is 1.94 bits per heavy atom. The minimum atomic E-state index is -3.01. The lowest BCUT2D eigenvalue weighted by Crippen LogP contribution is -2.32. The van der Waals surface area contributed by atoms with Crippen molar-refractivity contribution in [3.05, 3.63) is 0 Å². The van der Waals surface area contributed by atoms with Gasteiger partial charge in [-0.1, -0.05) is 13.3 Å². The van der Waals surface area contributed by atoms with Gasteiger partial charge in [0.25, 0.3) is 0 Å². The summed E-state index contributed by atoms with van der Waals surface area (Å²) in [7, 11) is -3.01. The van der Waals surface area contributed by atoms with Crippen LogP contribution in [0.2, 0.25) is 0 Å². The fraction of sp³-hybridized carbons (Fsp3) is 1.00. The largest absolute Gasteiger partial charge is 0.328 e. The number of nitrogens with zero attached hydrogens (tertiary/aromatic N) is 1. The summed E-state index contributed by atoms with van der Waals surface area (Å²) in [6.07, 6.45) is 4.87. The maximum absolute atomic E-state index is 12.1. The summed E-state index contributed by atoms with van der Waals surface area (Å²) in [5.41, 5.74) is 5.96. The summed E-state index contributed by atoms with van der Waals surface area (Å²) < 4.78 is 25.9. The number of sulfonamides is 1. The second-order valence-corrected chi connectivity index (χ2v) is 7.67. The van der Waals surface area contributed by atoms with Crippen molar-refractivity contribution in [2.75, 3.05) is 18.8 Å². The first-order valence-corrected chi connectivity index (χ1v) is 8.37. The van der Waals surface area contributed by atoms with Crippen molar-refractivity contribution in [2.45, 2.75) is 45.1 Å². The normalized spacial score (nSPS) is 34.8. The van der Waals surface area contributed by atoms with Gasteiger partial charge < -0.3 is 5.73 Å². The molecule has 100 valence electrons. The van der Waals surface area contributed by atoms with Gasteiger partial charge in [-0.25, -0.2) is 12.7 Å². The molecule has 2 N–H and O–H groups in total. The maximum Gasteiger partial charge on any atom is 0.214 e. The summed E-state index contributed by atoms with van der Waals surface area (Å²) >= 11 is 0. The molecule has 2 rings (SSSR count). The molecule has 3 atom stereocenters. The van der Waals surface area contributed by atoms with Gasteiger partial charge in [0.05, 0.1) is 5.75 Å². The highest BCUT2D eigenvalue weighted by Crippen LogP contribution is 2.36. The number of rotatable bonds is 4. The SMILES string of the molecule is CCCCS(=O)(=O)N1C[C@H]2CC(N)CC[C@H]2C1. The van der Waals surface area contributed by atoms with Crippen LogP contribution in [0.4, 0.5) is 0 Å². The topological polar surface area (TPSA) is 63.4 Å². The maximum atomic E-state index is 12.1. The van der Waals surface area contributed by atoms with E-state index in [9.17, 15) is 8.42 Å². The third kappa shape index (κ3) is 3.01. The smallest absolute Gasteiger partial charge is 0.214 e. The molecule has 0 radical (unpaired) electrons. The molecule has 0 spiro atoms. The Morgan fingerprint density at radius 3 is 2.65 bits per heavy atom. The average molecular weight is 260 g/mol. The number of unbranched alkanes of at least 4 members (excludes halogenated alkanes) is 1. The summed E-state index contributed by atoms with van der Waals surface area (Å²) in [4.78, 5) is 0. The highest BCUT2D eigenvalue weighted by molar-refractivity contribution is 7.89. The molecule has 0 amide bonds. The molecule has 1 saturated carbocycles. The third-order valence-electron chi connectivity index (χ3n) is 4.21. The molecular formula is C12H24N2O2S. The van der Waals surface area contributed by atoms with E-state index in [-0.39, 0.29) is 6.04 Å². The number of nitrogens with two attached hydrogens (primary N) is 1. The monoisotopic (exact) mass is 260 g/mol. The molecular weight excluding hydrogens is 236 g/mol. The summed E-state index contributed by atoms with van der Waals surface area (Å²) in [6.45, 7) is 3.48. The van der Waals surface area contributed by atoms with Gasteiger partial charge in [0.1, 0.15) is 0 Å². The van der Waals surface area contributed by atoms with Crippen LogP contribution < -0.4 is 5.73 Å². The molecule has 0 bridgehead atoms. The zero-order valence-electron chi connectivity index (χ0n) is 10.6. The van der Waals surface area contributed by atoms with Crippen molar-refractivity contribution in [1.82, 2.24) is 4.31 Å². The predicted octanol–water partition coefficient (Wildman–Crippen LogP) is 1.18. The van der Waals surface area contributed by atoms with E-state index in [1.54, 1.807) is 4.31 Å². The Morgan fingerprint density at radius 1 is 1.24 bits per heavy atom. The van der Waals surface area contributed by atoms with Gasteiger partial charge in [-0.15, -0.1) is 0 Å². The van der Waals surface area contributed by atoms with Gasteiger partial charge in [-0.2, -0.15) is 0 Å². The first-order valence-electron chi connectivity index (χ1n) is 6.76. The van der Waals surface area contributed by atoms with E-state index in [1.807, 2.05) is 6.92 Å². The van der Waals surface area contributed by atoms with Crippen LogP contribution in [0.15, 0.2) is 0 Å². The van der Waals surface area contributed by atoms with E-state index >= 15 is 0 Å². The van der Waals surface area contributed by atoms with E-state index in [4.69, 9.17) is 5.73 Å². The Kier molecular flexibility index (Phi) is 4.10. The zero-order valence-corrected chi connectivity index (χ0v) is 11.5. The quantitative estimate of drug-likeness (QED) is 0.825. The molecule has 1 heterocycles. The van der Waals surface area contributed by atoms with Crippen LogP contribution in [0.1, 0.15) is 39.0 Å². The number of hydrogen-bond donors (Lipinski definition) is 1. The summed E-state index contributed by atoms with van der Waals surface area (Å²) in [5.74, 6) is 1.39. The Labute approximate surface area is 105 Å². The van der Waals surface area contributed by atoms with E-state index in [0.717, 1.165) is 38.6 Å². The fourth-order valence-electron chi connectivity index (χ4n) is 3.11. The summed E-state index contributed by atoms with van der Waals surface area (Å²) in [6, 6.07) is 0.287. The minimum absolute atomic E-state index is 0.287. The van der Waals surface area contributed by atoms with Crippen LogP contribution in [0.3, 0.4) is 0 Å². The van der Waals surface area contributed by atoms with E-state index in [0.29, 0.717) is 24.1 Å². The van der Waals surface area contributed by atoms with Gasteiger partial charge in [0, 0.05) is 19.1 Å². The molecule has 5 heteroatoms. The first kappa shape index (κ1) is 13.3. The van der Waals surface area contributed by atoms with Crippen molar-refractivity contribution in [1.29, 1.82) is 0 Å². The Bertz CT molecular complexity index is 356. The number of hydrogen-bond acceptors (Lipinski definition) is 3. The molecule has 1 aliphatic carbocycles. The Hall–Kier alpha value is -0.130. The highest BCUT2D eigenvalue weighted by Gasteiger charge is 2.40. The van der Waals surface area contributed by atoms with Crippen LogP contribution in [-0.4, -0.2) is 37.6 Å². The number of fused-ring (bicyclic) bond motifs is 1. The lowest BCUT2D eigenvalue weighted by Gasteiger charge is -2.28. The average Bonchev–Trinajstić information content (AvgIpc) is 2.70. The predicted molar refractivity (Wildman–Crippen MR) is 69.1 cm³/mol. The fourth-order valence-corrected chi connectivity index (χ4v) is 4.86. The van der Waals surface area contributed by atoms with Gasteiger partial charge >= 0.3 is 0 Å². The van der Waals surface area contributed by atoms with Crippen molar-refractivity contribution in [3.8, 4) is 0 Å². The van der Waals surface area contributed by atoms with E-state index < -0.39 is 10.0 Å². The molecule has 0 aromatic rings. The minimum Gasteiger partial charge on any atom is -0.328 e. The Balaban J connectivity index is 1.97. The lowest BCUT2D eigenvalue weighted by atomic mass is 9.79. The van der Waals surface area contributed by atoms with Crippen LogP contribution in [0.5, 0.6) is 0 Å². The molecule has 1 unspecified atom stereocenters. The van der Waals surface area contributed by atoms with Gasteiger partial charge in [0.2, 0.25) is 10.0 Å². The first-order chi connectivity index (χ1) is 8.03. The molecule has 1 aliphatic heterocycles. The molecule has 17 heavy (non-hydrogen) atoms. The second kappa shape index (κ2) is 5.24. The molecule has 1 saturated heterocycles.